The molecule has 0 aliphatic carbocycles. The molecule has 0 aliphatic rings. The summed E-state index contributed by atoms with van der Waals surface area (Å²) in [6.45, 7) is 0. The second kappa shape index (κ2) is 7.24. The van der Waals surface area contributed by atoms with E-state index in [2.05, 4.69) is 5.32 Å². The van der Waals surface area contributed by atoms with Crippen molar-refractivity contribution in [3.8, 4) is 0 Å². The van der Waals surface area contributed by atoms with Crippen molar-refractivity contribution in [1.29, 1.82) is 0 Å². The number of anilines is 1. The van der Waals surface area contributed by atoms with Crippen molar-refractivity contribution in [1.82, 2.24) is 0 Å². The van der Waals surface area contributed by atoms with Crippen molar-refractivity contribution in [2.75, 3.05) is 12.4 Å². The summed E-state index contributed by atoms with van der Waals surface area (Å²) in [5.41, 5.74) is 0.849. The Morgan fingerprint density at radius 2 is 1.64 bits per heavy atom. The van der Waals surface area contributed by atoms with E-state index in [1.54, 1.807) is 19.2 Å². The standard InChI is InChI=1S/C7H10N2O2S.2Na.2H/c1-9-6-2-4-7(5-3-6)12(8,10)11;;;;/h2-5,9H,1H3,(H2,8,10,11);;;;/q;2*+1;2*-1. The van der Waals surface area contributed by atoms with Gasteiger partial charge in [0.05, 0.1) is 4.90 Å². The van der Waals surface area contributed by atoms with Crippen LogP contribution < -0.4 is 69.6 Å². The molecule has 0 atom stereocenters. The summed E-state index contributed by atoms with van der Waals surface area (Å²) in [5, 5.41) is 7.77. The maximum Gasteiger partial charge on any atom is 1.00 e. The molecule has 0 saturated carbocycles. The van der Waals surface area contributed by atoms with Gasteiger partial charge in [-0.05, 0) is 24.3 Å². The minimum Gasteiger partial charge on any atom is -1.00 e. The van der Waals surface area contributed by atoms with Crippen LogP contribution in [-0.4, -0.2) is 15.5 Å². The molecular weight excluding hydrogens is 222 g/mol. The third-order valence-corrected chi connectivity index (χ3v) is 2.40. The molecule has 0 heterocycles. The second-order valence-electron chi connectivity index (χ2n) is 2.32. The Labute approximate surface area is 131 Å². The van der Waals surface area contributed by atoms with E-state index in [0.717, 1.165) is 5.69 Å². The number of nitrogens with two attached hydrogens (primary N) is 1. The summed E-state index contributed by atoms with van der Waals surface area (Å²) in [6.07, 6.45) is 0. The van der Waals surface area contributed by atoms with Gasteiger partial charge in [0.2, 0.25) is 10.0 Å². The van der Waals surface area contributed by atoms with E-state index in [4.69, 9.17) is 5.14 Å². The molecule has 0 fully saturated rings. The van der Waals surface area contributed by atoms with Gasteiger partial charge in [0, 0.05) is 12.7 Å². The van der Waals surface area contributed by atoms with Crippen LogP contribution in [0.2, 0.25) is 0 Å². The van der Waals surface area contributed by atoms with E-state index in [9.17, 15) is 8.42 Å². The first-order valence-electron chi connectivity index (χ1n) is 3.34. The third-order valence-electron chi connectivity index (χ3n) is 1.47. The molecule has 1 aromatic rings. The summed E-state index contributed by atoms with van der Waals surface area (Å²) in [4.78, 5) is 0.126. The van der Waals surface area contributed by atoms with Crippen molar-refractivity contribution < 1.29 is 70.4 Å². The average molecular weight is 234 g/mol. The first kappa shape index (κ1) is 17.3. The van der Waals surface area contributed by atoms with Crippen molar-refractivity contribution >= 4 is 15.7 Å². The minimum absolute atomic E-state index is 0. The predicted octanol–water partition coefficient (Wildman–Crippen LogP) is -5.39. The summed E-state index contributed by atoms with van der Waals surface area (Å²) in [7, 11) is -1.80. The topological polar surface area (TPSA) is 72.2 Å². The van der Waals surface area contributed by atoms with Gasteiger partial charge in [-0.3, -0.25) is 0 Å². The van der Waals surface area contributed by atoms with Crippen LogP contribution in [0.4, 0.5) is 5.69 Å². The van der Waals surface area contributed by atoms with E-state index in [1.807, 2.05) is 0 Å². The Kier molecular flexibility index (Phi) is 8.97. The fourth-order valence-corrected chi connectivity index (χ4v) is 1.33. The zero-order chi connectivity index (χ0) is 9.19. The van der Waals surface area contributed by atoms with Crippen molar-refractivity contribution in [3.05, 3.63) is 24.3 Å². The molecule has 0 amide bonds. The minimum atomic E-state index is -3.56. The molecule has 0 saturated heterocycles. The molecule has 1 rings (SSSR count). The SMILES string of the molecule is CNc1ccc(S(N)(=O)=O)cc1.[H-].[H-].[Na+].[Na+]. The molecule has 0 aromatic heterocycles. The largest absolute Gasteiger partial charge is 1.00 e. The van der Waals surface area contributed by atoms with E-state index < -0.39 is 10.0 Å². The van der Waals surface area contributed by atoms with Crippen LogP contribution in [0.25, 0.3) is 0 Å². The quantitative estimate of drug-likeness (QED) is 0.502. The number of rotatable bonds is 2. The molecule has 4 nitrogen and oxygen atoms in total. The summed E-state index contributed by atoms with van der Waals surface area (Å²) in [5.74, 6) is 0. The van der Waals surface area contributed by atoms with Crippen LogP contribution in [0.3, 0.4) is 0 Å². The van der Waals surface area contributed by atoms with Crippen LogP contribution >= 0.6 is 0 Å². The third kappa shape index (κ3) is 5.14. The van der Waals surface area contributed by atoms with Gasteiger partial charge in [-0.15, -0.1) is 0 Å². The van der Waals surface area contributed by atoms with E-state index in [1.165, 1.54) is 12.1 Å². The zero-order valence-electron chi connectivity index (χ0n) is 10.6. The molecule has 70 valence electrons. The molecule has 1 aromatic carbocycles. The van der Waals surface area contributed by atoms with Crippen LogP contribution in [0.5, 0.6) is 0 Å². The molecule has 0 bridgehead atoms. The zero-order valence-corrected chi connectivity index (χ0v) is 13.4. The molecule has 14 heavy (non-hydrogen) atoms. The fourth-order valence-electron chi connectivity index (χ4n) is 0.811. The van der Waals surface area contributed by atoms with Gasteiger partial charge in [0.25, 0.3) is 0 Å². The normalized spacial score (nSPS) is 9.57. The molecule has 3 N–H and O–H groups in total. The molecule has 0 spiro atoms. The Hall–Kier alpha value is 0.930. The Balaban J connectivity index is -0.000000180. The maximum atomic E-state index is 10.8. The van der Waals surface area contributed by atoms with Gasteiger partial charge in [0.1, 0.15) is 0 Å². The smallest absolute Gasteiger partial charge is 1.00 e. The van der Waals surface area contributed by atoms with Gasteiger partial charge in [-0.2, -0.15) is 0 Å². The average Bonchev–Trinajstić information content (AvgIpc) is 2.03. The van der Waals surface area contributed by atoms with Gasteiger partial charge in [-0.1, -0.05) is 0 Å². The Morgan fingerprint density at radius 1 is 1.21 bits per heavy atom. The number of sulfonamides is 1. The first-order chi connectivity index (χ1) is 5.54. The summed E-state index contributed by atoms with van der Waals surface area (Å²) >= 11 is 0. The monoisotopic (exact) mass is 234 g/mol. The molecule has 0 aliphatic heterocycles. The molecular formula is C7H12N2Na2O2S. The van der Waals surface area contributed by atoms with Crippen molar-refractivity contribution in [2.45, 2.75) is 4.90 Å². The van der Waals surface area contributed by atoms with Crippen LogP contribution in [0.1, 0.15) is 2.85 Å². The Morgan fingerprint density at radius 3 is 1.93 bits per heavy atom. The number of hydrogen-bond donors (Lipinski definition) is 2. The van der Waals surface area contributed by atoms with Gasteiger partial charge < -0.3 is 8.17 Å². The second-order valence-corrected chi connectivity index (χ2v) is 3.88. The van der Waals surface area contributed by atoms with Gasteiger partial charge >= 0.3 is 59.1 Å². The van der Waals surface area contributed by atoms with Gasteiger partial charge in [0.15, 0.2) is 0 Å². The van der Waals surface area contributed by atoms with Crippen LogP contribution in [0.15, 0.2) is 29.2 Å². The first-order valence-corrected chi connectivity index (χ1v) is 4.89. The molecule has 7 heteroatoms. The van der Waals surface area contributed by atoms with Crippen LogP contribution in [0, 0.1) is 0 Å². The summed E-state index contributed by atoms with van der Waals surface area (Å²) in [6, 6.07) is 6.22. The van der Waals surface area contributed by atoms with Crippen molar-refractivity contribution in [3.63, 3.8) is 0 Å². The number of nitrogens with one attached hydrogen (secondary N) is 1. The predicted molar refractivity (Wildman–Crippen MR) is 49.6 cm³/mol. The maximum absolute atomic E-state index is 10.8. The van der Waals surface area contributed by atoms with E-state index >= 15 is 0 Å². The summed E-state index contributed by atoms with van der Waals surface area (Å²) < 4.78 is 21.6. The molecule has 0 radical (unpaired) electrons. The fraction of sp³-hybridized carbons (Fsp3) is 0.143. The van der Waals surface area contributed by atoms with E-state index in [0.29, 0.717) is 0 Å². The van der Waals surface area contributed by atoms with Crippen LogP contribution in [-0.2, 0) is 10.0 Å². The van der Waals surface area contributed by atoms with E-state index in [-0.39, 0.29) is 66.9 Å². The number of benzene rings is 1. The number of hydrogen-bond acceptors (Lipinski definition) is 3. The Bertz CT molecular complexity index is 372. The molecule has 0 unspecified atom stereocenters. The van der Waals surface area contributed by atoms with Gasteiger partial charge in [-0.25, -0.2) is 13.6 Å². The van der Waals surface area contributed by atoms with Crippen molar-refractivity contribution in [2.24, 2.45) is 5.14 Å². The number of primary sulfonamides is 1.